The molecular weight excluding hydrogens is 500 g/mol. The van der Waals surface area contributed by atoms with Crippen molar-refractivity contribution >= 4 is 17.5 Å². The number of β-amino-alcohol motifs (C(OH)–C–C–N with tert-alkyl or cyclic N) is 1. The minimum Gasteiger partial charge on any atom is -0.386 e. The van der Waals surface area contributed by atoms with Crippen LogP contribution in [0.15, 0.2) is 49.1 Å². The average molecular weight is 535 g/mol. The van der Waals surface area contributed by atoms with Crippen LogP contribution in [0.25, 0.3) is 0 Å². The van der Waals surface area contributed by atoms with Crippen LogP contribution < -0.4 is 5.32 Å². The maximum Gasteiger partial charge on any atom is 0.241 e. The molecule has 200 valence electrons. The van der Waals surface area contributed by atoms with Crippen molar-refractivity contribution in [3.8, 4) is 0 Å². The van der Waals surface area contributed by atoms with Crippen molar-refractivity contribution < 1.29 is 9.90 Å². The van der Waals surface area contributed by atoms with Gasteiger partial charge in [-0.3, -0.25) is 14.7 Å². The van der Waals surface area contributed by atoms with Gasteiger partial charge in [-0.2, -0.15) is 0 Å². The number of benzene rings is 1. The molecule has 2 aromatic heterocycles. The summed E-state index contributed by atoms with van der Waals surface area (Å²) in [7, 11) is 0. The summed E-state index contributed by atoms with van der Waals surface area (Å²) in [6, 6.07) is 9.98. The number of aliphatic hydroxyl groups is 1. The molecular formula is C29H35ClN6O2. The van der Waals surface area contributed by atoms with E-state index >= 15 is 0 Å². The van der Waals surface area contributed by atoms with E-state index in [0.717, 1.165) is 42.2 Å². The second-order valence-corrected chi connectivity index (χ2v) is 11.5. The molecule has 3 atom stereocenters. The van der Waals surface area contributed by atoms with Gasteiger partial charge in [0.15, 0.2) is 0 Å². The summed E-state index contributed by atoms with van der Waals surface area (Å²) in [4.78, 5) is 27.2. The lowest BCUT2D eigenvalue weighted by Crippen LogP contribution is -2.61. The minimum absolute atomic E-state index is 0.0267. The zero-order valence-electron chi connectivity index (χ0n) is 21.8. The Morgan fingerprint density at radius 3 is 2.92 bits per heavy atom. The van der Waals surface area contributed by atoms with Crippen molar-refractivity contribution in [2.45, 2.75) is 56.8 Å². The van der Waals surface area contributed by atoms with E-state index in [0.29, 0.717) is 39.1 Å². The maximum atomic E-state index is 13.8. The van der Waals surface area contributed by atoms with E-state index in [1.54, 1.807) is 6.33 Å². The van der Waals surface area contributed by atoms with Crippen LogP contribution in [0, 0.1) is 6.92 Å². The third-order valence-corrected chi connectivity index (χ3v) is 8.46. The molecule has 4 heterocycles. The van der Waals surface area contributed by atoms with Crippen molar-refractivity contribution in [1.29, 1.82) is 0 Å². The molecule has 38 heavy (non-hydrogen) atoms. The van der Waals surface area contributed by atoms with Gasteiger partial charge in [0.2, 0.25) is 5.91 Å². The number of nitrogens with one attached hydrogen (secondary N) is 1. The summed E-state index contributed by atoms with van der Waals surface area (Å²) >= 11 is 6.39. The van der Waals surface area contributed by atoms with Crippen molar-refractivity contribution in [3.05, 3.63) is 82.2 Å². The van der Waals surface area contributed by atoms with Gasteiger partial charge in [-0.15, -0.1) is 0 Å². The second kappa shape index (κ2) is 10.4. The highest BCUT2D eigenvalue weighted by Crippen LogP contribution is 2.37. The van der Waals surface area contributed by atoms with Crippen LogP contribution in [-0.2, 0) is 24.2 Å². The van der Waals surface area contributed by atoms with Gasteiger partial charge in [-0.1, -0.05) is 23.7 Å². The minimum atomic E-state index is -0.961. The summed E-state index contributed by atoms with van der Waals surface area (Å²) in [6.07, 6.45) is 8.84. The molecule has 2 N–H and O–H groups in total. The van der Waals surface area contributed by atoms with Gasteiger partial charge < -0.3 is 19.9 Å². The first-order chi connectivity index (χ1) is 18.4. The number of pyridine rings is 1. The quantitative estimate of drug-likeness (QED) is 0.535. The Bertz CT molecular complexity index is 1330. The number of likely N-dealkylation sites (tertiary alicyclic amines) is 1. The first-order valence-electron chi connectivity index (χ1n) is 13.6. The average Bonchev–Trinajstić information content (AvgIpc) is 3.24. The zero-order chi connectivity index (χ0) is 26.3. The number of piperazine rings is 1. The van der Waals surface area contributed by atoms with Gasteiger partial charge in [-0.25, -0.2) is 4.98 Å². The number of amides is 1. The van der Waals surface area contributed by atoms with E-state index in [4.69, 9.17) is 16.6 Å². The Morgan fingerprint density at radius 1 is 1.21 bits per heavy atom. The highest BCUT2D eigenvalue weighted by Gasteiger charge is 2.40. The number of aromatic nitrogens is 3. The molecule has 1 unspecified atom stereocenters. The van der Waals surface area contributed by atoms with Gasteiger partial charge in [0.25, 0.3) is 0 Å². The zero-order valence-corrected chi connectivity index (χ0v) is 22.6. The molecule has 0 radical (unpaired) electrons. The fourth-order valence-electron chi connectivity index (χ4n) is 6.47. The fraction of sp³-hybridized carbons (Fsp3) is 0.483. The van der Waals surface area contributed by atoms with Crippen molar-refractivity contribution in [2.24, 2.45) is 0 Å². The number of aryl methyl sites for hydroxylation is 3. The molecule has 9 heteroatoms. The van der Waals surface area contributed by atoms with Crippen LogP contribution in [0.1, 0.15) is 47.0 Å². The molecule has 0 bridgehead atoms. The summed E-state index contributed by atoms with van der Waals surface area (Å²) in [6.45, 7) is 5.48. The van der Waals surface area contributed by atoms with E-state index in [2.05, 4.69) is 33.4 Å². The van der Waals surface area contributed by atoms with Crippen molar-refractivity contribution in [1.82, 2.24) is 29.7 Å². The van der Waals surface area contributed by atoms with Crippen LogP contribution in [0.2, 0.25) is 5.02 Å². The maximum absolute atomic E-state index is 13.8. The first-order valence-corrected chi connectivity index (χ1v) is 14.0. The number of hydrogen-bond acceptors (Lipinski definition) is 6. The molecule has 1 aromatic carbocycles. The standard InChI is InChI=1S/C29H35ClN6O2/c1-20-15-34(19-33-20)17-29(38)9-3-12-36(18-29)28(37)25-16-35(13-11-31-25)27-24-8-7-23(30)14-22(24)6-5-21-4-2-10-32-26(21)27/h2,4,7-8,10,14-15,19,25,27,31,38H,3,5-6,9,11-13,16-18H2,1H3/t25-,27+,29?/m1/s1. The van der Waals surface area contributed by atoms with Gasteiger partial charge >= 0.3 is 0 Å². The van der Waals surface area contributed by atoms with E-state index < -0.39 is 5.60 Å². The van der Waals surface area contributed by atoms with Gasteiger partial charge in [0, 0.05) is 43.6 Å². The van der Waals surface area contributed by atoms with Crippen LogP contribution in [0.5, 0.6) is 0 Å². The Balaban J connectivity index is 1.23. The fourth-order valence-corrected chi connectivity index (χ4v) is 6.67. The summed E-state index contributed by atoms with van der Waals surface area (Å²) in [5, 5.41) is 15.6. The Labute approximate surface area is 228 Å². The summed E-state index contributed by atoms with van der Waals surface area (Å²) in [5.74, 6) is 0.0563. The number of halogens is 1. The smallest absolute Gasteiger partial charge is 0.241 e. The van der Waals surface area contributed by atoms with E-state index in [1.807, 2.05) is 40.9 Å². The molecule has 2 aliphatic heterocycles. The van der Waals surface area contributed by atoms with Gasteiger partial charge in [0.1, 0.15) is 5.60 Å². The molecule has 3 aliphatic rings. The first kappa shape index (κ1) is 25.5. The van der Waals surface area contributed by atoms with Gasteiger partial charge in [-0.05, 0) is 67.5 Å². The topological polar surface area (TPSA) is 86.5 Å². The third-order valence-electron chi connectivity index (χ3n) is 8.22. The highest BCUT2D eigenvalue weighted by molar-refractivity contribution is 6.30. The third kappa shape index (κ3) is 5.10. The number of piperidine rings is 1. The molecule has 3 aromatic rings. The number of carbonyl (C=O) groups is 1. The predicted octanol–water partition coefficient (Wildman–Crippen LogP) is 2.76. The number of imidazole rings is 1. The van der Waals surface area contributed by atoms with Crippen LogP contribution in [0.4, 0.5) is 0 Å². The summed E-state index contributed by atoms with van der Waals surface area (Å²) < 4.78 is 1.92. The largest absolute Gasteiger partial charge is 0.386 e. The van der Waals surface area contributed by atoms with E-state index in [-0.39, 0.29) is 18.0 Å². The lowest BCUT2D eigenvalue weighted by atomic mass is 9.91. The molecule has 1 amide bonds. The van der Waals surface area contributed by atoms with Crippen LogP contribution in [0.3, 0.4) is 0 Å². The molecule has 2 saturated heterocycles. The summed E-state index contributed by atoms with van der Waals surface area (Å²) in [5.41, 5.74) is 4.76. The molecule has 1 aliphatic carbocycles. The van der Waals surface area contributed by atoms with E-state index in [1.165, 1.54) is 16.7 Å². The van der Waals surface area contributed by atoms with Gasteiger partial charge in [0.05, 0.1) is 42.9 Å². The highest BCUT2D eigenvalue weighted by atomic mass is 35.5. The Kier molecular flexibility index (Phi) is 6.99. The van der Waals surface area contributed by atoms with Crippen LogP contribution >= 0.6 is 11.6 Å². The predicted molar refractivity (Wildman–Crippen MR) is 146 cm³/mol. The Hall–Kier alpha value is -2.78. The lowest BCUT2D eigenvalue weighted by molar-refractivity contribution is -0.142. The lowest BCUT2D eigenvalue weighted by Gasteiger charge is -2.43. The molecule has 8 nitrogen and oxygen atoms in total. The Morgan fingerprint density at radius 2 is 2.08 bits per heavy atom. The van der Waals surface area contributed by atoms with E-state index in [9.17, 15) is 9.90 Å². The number of rotatable bonds is 4. The number of hydrogen-bond donors (Lipinski definition) is 2. The number of nitrogens with zero attached hydrogens (tertiary/aromatic N) is 5. The normalized spacial score (nSPS) is 25.9. The number of carbonyl (C=O) groups excluding carboxylic acids is 1. The SMILES string of the molecule is Cc1cn(CC2(O)CCCN(C(=O)[C@H]3CN([C@H]4c5ccc(Cl)cc5CCc5cccnc54)CCN3)C2)cn1. The molecule has 0 spiro atoms. The van der Waals surface area contributed by atoms with Crippen molar-refractivity contribution in [2.75, 3.05) is 32.7 Å². The molecule has 2 fully saturated rings. The molecule has 0 saturated carbocycles. The number of fused-ring (bicyclic) bond motifs is 2. The molecule has 6 rings (SSSR count). The van der Waals surface area contributed by atoms with Crippen molar-refractivity contribution in [3.63, 3.8) is 0 Å². The van der Waals surface area contributed by atoms with Crippen LogP contribution in [-0.4, -0.2) is 79.7 Å². The second-order valence-electron chi connectivity index (χ2n) is 11.1. The monoisotopic (exact) mass is 534 g/mol.